The summed E-state index contributed by atoms with van der Waals surface area (Å²) in [5.74, 6) is -0.447. The maximum absolute atomic E-state index is 13.5. The van der Waals surface area contributed by atoms with Crippen molar-refractivity contribution in [3.8, 4) is 5.75 Å². The van der Waals surface area contributed by atoms with Gasteiger partial charge in [0.1, 0.15) is 16.5 Å². The van der Waals surface area contributed by atoms with Crippen LogP contribution in [0.4, 0.5) is 4.39 Å². The van der Waals surface area contributed by atoms with Crippen LogP contribution in [0.3, 0.4) is 0 Å². The molecule has 0 aromatic heterocycles. The summed E-state index contributed by atoms with van der Waals surface area (Å²) in [6, 6.07) is 11.0. The number of hydrogen-bond acceptors (Lipinski definition) is 5. The quantitative estimate of drug-likeness (QED) is 0.642. The highest BCUT2D eigenvalue weighted by Gasteiger charge is 2.35. The van der Waals surface area contributed by atoms with Gasteiger partial charge in [0.25, 0.3) is 5.91 Å². The van der Waals surface area contributed by atoms with Gasteiger partial charge < -0.3 is 14.8 Å². The number of ether oxygens (including phenoxy) is 2. The van der Waals surface area contributed by atoms with E-state index in [1.807, 2.05) is 0 Å². The standard InChI is InChI=1S/C25H31FN2O5S/c1-32-22-10-5-19(17-23(22)34(30,31)28-13-15-33-16-14-28)24(29)27-18-25(11-3-2-4-12-25)20-6-8-21(26)9-7-20/h5-10,17H,2-4,11-16,18H2,1H3,(H,27,29). The van der Waals surface area contributed by atoms with Crippen LogP contribution in [0.15, 0.2) is 47.4 Å². The topological polar surface area (TPSA) is 84.9 Å². The zero-order valence-corrected chi connectivity index (χ0v) is 20.2. The maximum atomic E-state index is 13.5. The van der Waals surface area contributed by atoms with Gasteiger partial charge in [-0.2, -0.15) is 4.31 Å². The van der Waals surface area contributed by atoms with E-state index in [2.05, 4.69) is 5.32 Å². The Hall–Kier alpha value is -2.49. The molecule has 1 amide bonds. The second kappa shape index (κ2) is 10.4. The van der Waals surface area contributed by atoms with Crippen LogP contribution in [0.2, 0.25) is 0 Å². The van der Waals surface area contributed by atoms with Crippen molar-refractivity contribution >= 4 is 15.9 Å². The Balaban J connectivity index is 1.56. The predicted molar refractivity (Wildman–Crippen MR) is 126 cm³/mol. The van der Waals surface area contributed by atoms with Crippen molar-refractivity contribution in [1.29, 1.82) is 0 Å². The first-order valence-electron chi connectivity index (χ1n) is 11.7. The van der Waals surface area contributed by atoms with Crippen LogP contribution in [0.25, 0.3) is 0 Å². The molecule has 0 atom stereocenters. The maximum Gasteiger partial charge on any atom is 0.251 e. The van der Waals surface area contributed by atoms with Crippen molar-refractivity contribution in [3.63, 3.8) is 0 Å². The van der Waals surface area contributed by atoms with E-state index >= 15 is 0 Å². The molecule has 0 spiro atoms. The number of morpholine rings is 1. The molecule has 1 aliphatic heterocycles. The second-order valence-electron chi connectivity index (χ2n) is 8.91. The molecule has 7 nitrogen and oxygen atoms in total. The van der Waals surface area contributed by atoms with Crippen molar-refractivity contribution in [2.45, 2.75) is 42.4 Å². The van der Waals surface area contributed by atoms with Gasteiger partial charge in [-0.25, -0.2) is 12.8 Å². The first-order valence-corrected chi connectivity index (χ1v) is 13.1. The van der Waals surface area contributed by atoms with Gasteiger partial charge in [-0.3, -0.25) is 4.79 Å². The van der Waals surface area contributed by atoms with Crippen LogP contribution in [0.1, 0.15) is 48.0 Å². The smallest absolute Gasteiger partial charge is 0.251 e. The van der Waals surface area contributed by atoms with Crippen molar-refractivity contribution in [2.75, 3.05) is 40.0 Å². The van der Waals surface area contributed by atoms with E-state index in [1.165, 1.54) is 35.7 Å². The molecule has 1 saturated carbocycles. The minimum atomic E-state index is -3.84. The summed E-state index contributed by atoms with van der Waals surface area (Å²) in [6.45, 7) is 1.56. The van der Waals surface area contributed by atoms with Crippen molar-refractivity contribution in [1.82, 2.24) is 9.62 Å². The van der Waals surface area contributed by atoms with E-state index in [4.69, 9.17) is 9.47 Å². The number of nitrogens with one attached hydrogen (secondary N) is 1. The first kappa shape index (κ1) is 24.6. The Morgan fingerprint density at radius 2 is 1.76 bits per heavy atom. The average molecular weight is 491 g/mol. The number of amides is 1. The minimum Gasteiger partial charge on any atom is -0.495 e. The first-order chi connectivity index (χ1) is 16.4. The summed E-state index contributed by atoms with van der Waals surface area (Å²) < 4.78 is 51.9. The third-order valence-corrected chi connectivity index (χ3v) is 8.79. The fourth-order valence-electron chi connectivity index (χ4n) is 4.90. The molecule has 0 bridgehead atoms. The lowest BCUT2D eigenvalue weighted by atomic mass is 9.69. The van der Waals surface area contributed by atoms with Gasteiger partial charge in [0, 0.05) is 30.6 Å². The largest absolute Gasteiger partial charge is 0.495 e. The molecule has 1 saturated heterocycles. The number of carbonyl (C=O) groups is 1. The lowest BCUT2D eigenvalue weighted by molar-refractivity contribution is 0.0729. The summed E-state index contributed by atoms with van der Waals surface area (Å²) in [4.78, 5) is 13.1. The average Bonchev–Trinajstić information content (AvgIpc) is 2.88. The van der Waals surface area contributed by atoms with E-state index in [1.54, 1.807) is 18.2 Å². The van der Waals surface area contributed by atoms with Crippen LogP contribution in [-0.2, 0) is 20.2 Å². The fourth-order valence-corrected chi connectivity index (χ4v) is 6.49. The van der Waals surface area contributed by atoms with Gasteiger partial charge in [-0.15, -0.1) is 0 Å². The molecule has 0 unspecified atom stereocenters. The second-order valence-corrected chi connectivity index (χ2v) is 10.8. The minimum absolute atomic E-state index is 0.0320. The number of carbonyl (C=O) groups excluding carboxylic acids is 1. The number of nitrogens with zero attached hydrogens (tertiary/aromatic N) is 1. The van der Waals surface area contributed by atoms with Crippen molar-refractivity contribution in [3.05, 3.63) is 59.4 Å². The molecule has 34 heavy (non-hydrogen) atoms. The molecule has 1 heterocycles. The highest BCUT2D eigenvalue weighted by atomic mass is 32.2. The van der Waals surface area contributed by atoms with Crippen LogP contribution in [0, 0.1) is 5.82 Å². The molecular weight excluding hydrogens is 459 g/mol. The highest BCUT2D eigenvalue weighted by molar-refractivity contribution is 7.89. The van der Waals surface area contributed by atoms with E-state index in [0.29, 0.717) is 19.8 Å². The molecule has 1 aliphatic carbocycles. The summed E-state index contributed by atoms with van der Waals surface area (Å²) in [5.41, 5.74) is 0.994. The van der Waals surface area contributed by atoms with E-state index in [-0.39, 0.29) is 46.4 Å². The van der Waals surface area contributed by atoms with Crippen LogP contribution >= 0.6 is 0 Å². The SMILES string of the molecule is COc1ccc(C(=O)NCC2(c3ccc(F)cc3)CCCCC2)cc1S(=O)(=O)N1CCOCC1. The normalized spacial score (nSPS) is 18.9. The predicted octanol–water partition coefficient (Wildman–Crippen LogP) is 3.49. The Labute approximate surface area is 200 Å². The number of halogens is 1. The number of hydrogen-bond donors (Lipinski definition) is 1. The van der Waals surface area contributed by atoms with Gasteiger partial charge in [-0.1, -0.05) is 31.4 Å². The number of rotatable bonds is 7. The Morgan fingerprint density at radius 3 is 2.41 bits per heavy atom. The molecule has 4 rings (SSSR count). The molecule has 2 fully saturated rings. The van der Waals surface area contributed by atoms with Gasteiger partial charge in [-0.05, 0) is 48.7 Å². The molecule has 1 N–H and O–H groups in total. The van der Waals surface area contributed by atoms with Gasteiger partial charge in [0.2, 0.25) is 10.0 Å². The van der Waals surface area contributed by atoms with Gasteiger partial charge >= 0.3 is 0 Å². The van der Waals surface area contributed by atoms with Gasteiger partial charge in [0.15, 0.2) is 0 Å². The highest BCUT2D eigenvalue weighted by Crippen LogP contribution is 2.39. The number of sulfonamides is 1. The van der Waals surface area contributed by atoms with Crippen LogP contribution in [0.5, 0.6) is 5.75 Å². The zero-order chi connectivity index (χ0) is 24.2. The van der Waals surface area contributed by atoms with E-state index in [0.717, 1.165) is 37.7 Å². The zero-order valence-electron chi connectivity index (χ0n) is 19.4. The molecule has 2 aromatic carbocycles. The van der Waals surface area contributed by atoms with Gasteiger partial charge in [0.05, 0.1) is 20.3 Å². The lowest BCUT2D eigenvalue weighted by Crippen LogP contribution is -2.42. The lowest BCUT2D eigenvalue weighted by Gasteiger charge is -2.38. The van der Waals surface area contributed by atoms with Crippen molar-refractivity contribution in [2.24, 2.45) is 0 Å². The summed E-state index contributed by atoms with van der Waals surface area (Å²) in [6.07, 6.45) is 5.02. The number of benzene rings is 2. The molecule has 0 radical (unpaired) electrons. The monoisotopic (exact) mass is 490 g/mol. The summed E-state index contributed by atoms with van der Waals surface area (Å²) in [7, 11) is -2.44. The van der Waals surface area contributed by atoms with E-state index in [9.17, 15) is 17.6 Å². The molecule has 9 heteroatoms. The molecule has 2 aromatic rings. The number of methoxy groups -OCH3 is 1. The van der Waals surface area contributed by atoms with E-state index < -0.39 is 10.0 Å². The fraction of sp³-hybridized carbons (Fsp3) is 0.480. The third kappa shape index (κ3) is 5.11. The summed E-state index contributed by atoms with van der Waals surface area (Å²) in [5, 5.41) is 3.02. The third-order valence-electron chi connectivity index (χ3n) is 6.87. The van der Waals surface area contributed by atoms with Crippen molar-refractivity contribution < 1.29 is 27.1 Å². The Morgan fingerprint density at radius 1 is 1.09 bits per heavy atom. The van der Waals surface area contributed by atoms with Crippen LogP contribution in [-0.4, -0.2) is 58.6 Å². The Bertz CT molecular complexity index is 1110. The molecule has 184 valence electrons. The van der Waals surface area contributed by atoms with Crippen LogP contribution < -0.4 is 10.1 Å². The summed E-state index contributed by atoms with van der Waals surface area (Å²) >= 11 is 0. The molecular formula is C25H31FN2O5S. The Kier molecular flexibility index (Phi) is 7.54. The molecule has 2 aliphatic rings.